The van der Waals surface area contributed by atoms with Crippen LogP contribution in [0.4, 0.5) is 0 Å². The quantitative estimate of drug-likeness (QED) is 0.520. The van der Waals surface area contributed by atoms with Crippen molar-refractivity contribution >= 4 is 11.9 Å². The highest BCUT2D eigenvalue weighted by molar-refractivity contribution is 5.81. The SMILES string of the molecule is CCCCCC(C)(C)CNC(=O)CCC(=O)OC(C)(C)C. The molecule has 21 heavy (non-hydrogen) atoms. The average Bonchev–Trinajstić information content (AvgIpc) is 2.32. The van der Waals surface area contributed by atoms with Gasteiger partial charge in [-0.25, -0.2) is 0 Å². The zero-order chi connectivity index (χ0) is 16.5. The Hall–Kier alpha value is -1.06. The second kappa shape index (κ2) is 9.06. The molecule has 0 fully saturated rings. The van der Waals surface area contributed by atoms with Gasteiger partial charge in [0, 0.05) is 13.0 Å². The molecule has 124 valence electrons. The highest BCUT2D eigenvalue weighted by Gasteiger charge is 2.20. The van der Waals surface area contributed by atoms with Gasteiger partial charge >= 0.3 is 5.97 Å². The van der Waals surface area contributed by atoms with Gasteiger partial charge in [0.15, 0.2) is 0 Å². The smallest absolute Gasteiger partial charge is 0.306 e. The molecule has 0 aliphatic rings. The molecule has 0 unspecified atom stereocenters. The van der Waals surface area contributed by atoms with Crippen molar-refractivity contribution < 1.29 is 14.3 Å². The molecule has 0 saturated carbocycles. The van der Waals surface area contributed by atoms with Gasteiger partial charge in [0.25, 0.3) is 0 Å². The Labute approximate surface area is 130 Å². The second-order valence-corrected chi connectivity index (χ2v) is 7.48. The first-order valence-corrected chi connectivity index (χ1v) is 8.04. The number of ether oxygens (including phenoxy) is 1. The van der Waals surface area contributed by atoms with Crippen LogP contribution < -0.4 is 5.32 Å². The summed E-state index contributed by atoms with van der Waals surface area (Å²) in [5.74, 6) is -0.399. The summed E-state index contributed by atoms with van der Waals surface area (Å²) in [5, 5.41) is 2.92. The Bertz CT molecular complexity index is 329. The fourth-order valence-electron chi connectivity index (χ4n) is 1.98. The van der Waals surface area contributed by atoms with Gasteiger partial charge in [-0.1, -0.05) is 40.0 Å². The maximum Gasteiger partial charge on any atom is 0.306 e. The number of hydrogen-bond acceptors (Lipinski definition) is 3. The third-order valence-corrected chi connectivity index (χ3v) is 3.20. The van der Waals surface area contributed by atoms with Crippen molar-refractivity contribution in [2.45, 2.75) is 85.7 Å². The molecular formula is C17H33NO3. The van der Waals surface area contributed by atoms with Crippen molar-refractivity contribution in [3.05, 3.63) is 0 Å². The molecule has 0 aromatic rings. The van der Waals surface area contributed by atoms with Crippen molar-refractivity contribution in [2.24, 2.45) is 5.41 Å². The van der Waals surface area contributed by atoms with Gasteiger partial charge in [-0.15, -0.1) is 0 Å². The minimum absolute atomic E-state index is 0.0792. The Morgan fingerprint density at radius 2 is 1.62 bits per heavy atom. The lowest BCUT2D eigenvalue weighted by molar-refractivity contribution is -0.155. The van der Waals surface area contributed by atoms with E-state index in [1.54, 1.807) is 0 Å². The summed E-state index contributed by atoms with van der Waals surface area (Å²) in [6, 6.07) is 0. The lowest BCUT2D eigenvalue weighted by Crippen LogP contribution is -2.34. The van der Waals surface area contributed by atoms with E-state index in [0.717, 1.165) is 6.42 Å². The standard InChI is InChI=1S/C17H33NO3/c1-7-8-9-12-17(5,6)13-18-14(19)10-11-15(20)21-16(2,3)4/h7-13H2,1-6H3,(H,18,19). The van der Waals surface area contributed by atoms with Gasteiger partial charge in [0.05, 0.1) is 6.42 Å². The first kappa shape index (κ1) is 19.9. The van der Waals surface area contributed by atoms with Crippen molar-refractivity contribution in [1.29, 1.82) is 0 Å². The number of rotatable bonds is 9. The number of hydrogen-bond donors (Lipinski definition) is 1. The van der Waals surface area contributed by atoms with Gasteiger partial charge in [-0.3, -0.25) is 9.59 Å². The van der Waals surface area contributed by atoms with Crippen molar-refractivity contribution in [3.63, 3.8) is 0 Å². The molecule has 4 heteroatoms. The van der Waals surface area contributed by atoms with E-state index < -0.39 is 5.60 Å². The maximum atomic E-state index is 11.8. The molecule has 1 amide bonds. The summed E-state index contributed by atoms with van der Waals surface area (Å²) >= 11 is 0. The Morgan fingerprint density at radius 3 is 2.14 bits per heavy atom. The molecule has 0 aromatic heterocycles. The summed E-state index contributed by atoms with van der Waals surface area (Å²) in [4.78, 5) is 23.3. The van der Waals surface area contributed by atoms with Crippen molar-refractivity contribution in [2.75, 3.05) is 6.54 Å². The van der Waals surface area contributed by atoms with Crippen LogP contribution in [0.5, 0.6) is 0 Å². The molecule has 1 N–H and O–H groups in total. The van der Waals surface area contributed by atoms with Gasteiger partial charge in [-0.05, 0) is 32.6 Å². The summed E-state index contributed by atoms with van der Waals surface area (Å²) in [5.41, 5.74) is -0.383. The van der Waals surface area contributed by atoms with Crippen LogP contribution in [-0.2, 0) is 14.3 Å². The molecule has 0 atom stereocenters. The molecular weight excluding hydrogens is 266 g/mol. The fraction of sp³-hybridized carbons (Fsp3) is 0.882. The summed E-state index contributed by atoms with van der Waals surface area (Å²) in [6.07, 6.45) is 5.07. The van der Waals surface area contributed by atoms with E-state index in [1.165, 1.54) is 19.3 Å². The van der Waals surface area contributed by atoms with Crippen LogP contribution in [0.25, 0.3) is 0 Å². The highest BCUT2D eigenvalue weighted by atomic mass is 16.6. The number of esters is 1. The summed E-state index contributed by atoms with van der Waals surface area (Å²) in [6.45, 7) is 12.6. The monoisotopic (exact) mass is 299 g/mol. The van der Waals surface area contributed by atoms with Crippen LogP contribution in [0.2, 0.25) is 0 Å². The number of amides is 1. The first-order valence-electron chi connectivity index (χ1n) is 8.04. The van der Waals surface area contributed by atoms with E-state index in [-0.39, 0.29) is 30.1 Å². The number of carbonyl (C=O) groups excluding carboxylic acids is 2. The predicted octanol–water partition coefficient (Wildman–Crippen LogP) is 3.83. The molecule has 0 aliphatic carbocycles. The molecule has 0 heterocycles. The van der Waals surface area contributed by atoms with E-state index >= 15 is 0 Å². The fourth-order valence-corrected chi connectivity index (χ4v) is 1.98. The van der Waals surface area contributed by atoms with E-state index in [9.17, 15) is 9.59 Å². The van der Waals surface area contributed by atoms with E-state index in [1.807, 2.05) is 20.8 Å². The lowest BCUT2D eigenvalue weighted by Gasteiger charge is -2.25. The van der Waals surface area contributed by atoms with Gasteiger partial charge in [0.1, 0.15) is 5.60 Å². The third kappa shape index (κ3) is 12.4. The molecule has 4 nitrogen and oxygen atoms in total. The molecule has 0 saturated heterocycles. The molecule has 0 radical (unpaired) electrons. The van der Waals surface area contributed by atoms with Gasteiger partial charge < -0.3 is 10.1 Å². The molecule has 0 spiro atoms. The summed E-state index contributed by atoms with van der Waals surface area (Å²) < 4.78 is 5.18. The topological polar surface area (TPSA) is 55.4 Å². The van der Waals surface area contributed by atoms with E-state index in [0.29, 0.717) is 6.54 Å². The van der Waals surface area contributed by atoms with E-state index in [2.05, 4.69) is 26.1 Å². The Morgan fingerprint density at radius 1 is 1.00 bits per heavy atom. The number of unbranched alkanes of at least 4 members (excludes halogenated alkanes) is 2. The zero-order valence-electron chi connectivity index (χ0n) is 14.7. The van der Waals surface area contributed by atoms with Crippen LogP contribution in [0, 0.1) is 5.41 Å². The normalized spacial score (nSPS) is 12.1. The summed E-state index contributed by atoms with van der Waals surface area (Å²) in [7, 11) is 0. The molecule has 0 aliphatic heterocycles. The minimum Gasteiger partial charge on any atom is -0.460 e. The molecule has 0 bridgehead atoms. The molecule has 0 aromatic carbocycles. The van der Waals surface area contributed by atoms with Gasteiger partial charge in [-0.2, -0.15) is 0 Å². The van der Waals surface area contributed by atoms with E-state index in [4.69, 9.17) is 4.74 Å². The zero-order valence-corrected chi connectivity index (χ0v) is 14.7. The second-order valence-electron chi connectivity index (χ2n) is 7.48. The minimum atomic E-state index is -0.491. The molecule has 0 rings (SSSR count). The van der Waals surface area contributed by atoms with Crippen molar-refractivity contribution in [1.82, 2.24) is 5.32 Å². The lowest BCUT2D eigenvalue weighted by atomic mass is 9.87. The average molecular weight is 299 g/mol. The Kier molecular flexibility index (Phi) is 8.60. The number of carbonyl (C=O) groups is 2. The van der Waals surface area contributed by atoms with Crippen molar-refractivity contribution in [3.8, 4) is 0 Å². The Balaban J connectivity index is 3.91. The number of nitrogens with one attached hydrogen (secondary N) is 1. The van der Waals surface area contributed by atoms with Crippen LogP contribution in [0.3, 0.4) is 0 Å². The third-order valence-electron chi connectivity index (χ3n) is 3.20. The van der Waals surface area contributed by atoms with Crippen LogP contribution >= 0.6 is 0 Å². The highest BCUT2D eigenvalue weighted by Crippen LogP contribution is 2.22. The van der Waals surface area contributed by atoms with Crippen LogP contribution in [-0.4, -0.2) is 24.0 Å². The maximum absolute atomic E-state index is 11.8. The van der Waals surface area contributed by atoms with Crippen LogP contribution in [0.1, 0.15) is 80.1 Å². The van der Waals surface area contributed by atoms with Crippen LogP contribution in [0.15, 0.2) is 0 Å². The predicted molar refractivity (Wildman–Crippen MR) is 86.0 cm³/mol. The van der Waals surface area contributed by atoms with Gasteiger partial charge in [0.2, 0.25) is 5.91 Å². The first-order chi connectivity index (χ1) is 9.56. The largest absolute Gasteiger partial charge is 0.460 e.